The summed E-state index contributed by atoms with van der Waals surface area (Å²) in [6.07, 6.45) is 6.40. The Balaban J connectivity index is 2.32. The van der Waals surface area contributed by atoms with Crippen molar-refractivity contribution >= 4 is 5.97 Å². The molecule has 0 spiro atoms. The molecule has 0 aromatic rings. The van der Waals surface area contributed by atoms with Crippen molar-refractivity contribution < 1.29 is 29.6 Å². The minimum atomic E-state index is -1.37. The maximum Gasteiger partial charge on any atom is 0.378 e. The average molecular weight is 385 g/mol. The Morgan fingerprint density at radius 1 is 1.22 bits per heavy atom. The van der Waals surface area contributed by atoms with Crippen LogP contribution in [0.25, 0.3) is 0 Å². The van der Waals surface area contributed by atoms with Gasteiger partial charge in [-0.2, -0.15) is 0 Å². The smallest absolute Gasteiger partial charge is 0.378 e. The lowest BCUT2D eigenvalue weighted by Crippen LogP contribution is -2.31. The van der Waals surface area contributed by atoms with E-state index in [-0.39, 0.29) is 12.4 Å². The summed E-state index contributed by atoms with van der Waals surface area (Å²) in [4.78, 5) is 11.7. The van der Waals surface area contributed by atoms with Gasteiger partial charge in [-0.05, 0) is 37.7 Å². The van der Waals surface area contributed by atoms with Gasteiger partial charge in [0.1, 0.15) is 12.7 Å². The molecule has 0 aromatic carbocycles. The van der Waals surface area contributed by atoms with Crippen LogP contribution < -0.4 is 0 Å². The van der Waals surface area contributed by atoms with E-state index in [1.165, 1.54) is 31.3 Å². The van der Waals surface area contributed by atoms with Gasteiger partial charge in [-0.25, -0.2) is 4.79 Å². The van der Waals surface area contributed by atoms with Crippen LogP contribution in [0.1, 0.15) is 66.2 Å². The van der Waals surface area contributed by atoms with E-state index >= 15 is 0 Å². The Kier molecular flexibility index (Phi) is 10.5. The van der Waals surface area contributed by atoms with Gasteiger partial charge in [-0.1, -0.05) is 52.0 Å². The Bertz CT molecular complexity index is 523. The third kappa shape index (κ3) is 8.35. The number of ether oxygens (including phenoxy) is 2. The van der Waals surface area contributed by atoms with Gasteiger partial charge in [0.05, 0.1) is 6.61 Å². The highest BCUT2D eigenvalue weighted by atomic mass is 16.6. The monoisotopic (exact) mass is 384 g/mol. The van der Waals surface area contributed by atoms with Gasteiger partial charge < -0.3 is 24.8 Å². The zero-order valence-corrected chi connectivity index (χ0v) is 17.1. The fourth-order valence-corrected chi connectivity index (χ4v) is 3.07. The predicted molar refractivity (Wildman–Crippen MR) is 104 cm³/mol. The van der Waals surface area contributed by atoms with Crippen molar-refractivity contribution in [3.05, 3.63) is 23.2 Å². The third-order valence-corrected chi connectivity index (χ3v) is 4.86. The Morgan fingerprint density at radius 2 is 1.89 bits per heavy atom. The quantitative estimate of drug-likeness (QED) is 0.331. The number of allylic oxidation sites excluding steroid dienone is 1. The number of carbonyl (C=O) groups excluding carboxylic acids is 1. The van der Waals surface area contributed by atoms with Gasteiger partial charge in [-0.15, -0.1) is 0 Å². The van der Waals surface area contributed by atoms with Crippen LogP contribution in [-0.4, -0.2) is 46.7 Å². The zero-order valence-electron chi connectivity index (χ0n) is 17.1. The molecule has 0 amide bonds. The van der Waals surface area contributed by atoms with Crippen LogP contribution in [0.5, 0.6) is 0 Å². The minimum absolute atomic E-state index is 0.145. The van der Waals surface area contributed by atoms with E-state index < -0.39 is 30.5 Å². The Hall–Kier alpha value is -1.53. The van der Waals surface area contributed by atoms with Crippen molar-refractivity contribution in [2.75, 3.05) is 13.2 Å². The lowest BCUT2D eigenvalue weighted by Gasteiger charge is -2.13. The van der Waals surface area contributed by atoms with Crippen molar-refractivity contribution in [3.8, 4) is 0 Å². The molecule has 1 aliphatic rings. The van der Waals surface area contributed by atoms with Crippen LogP contribution in [-0.2, 0) is 14.3 Å². The van der Waals surface area contributed by atoms with E-state index in [0.717, 1.165) is 24.7 Å². The molecule has 3 N–H and O–H groups in total. The Morgan fingerprint density at radius 3 is 2.52 bits per heavy atom. The van der Waals surface area contributed by atoms with E-state index in [4.69, 9.17) is 14.6 Å². The van der Waals surface area contributed by atoms with Gasteiger partial charge in [0.15, 0.2) is 11.9 Å². The molecule has 1 aliphatic heterocycles. The number of rotatable bonds is 13. The lowest BCUT2D eigenvalue weighted by atomic mass is 9.94. The van der Waals surface area contributed by atoms with Crippen LogP contribution in [0, 0.1) is 11.8 Å². The number of hydrogen-bond donors (Lipinski definition) is 3. The van der Waals surface area contributed by atoms with Crippen LogP contribution >= 0.6 is 0 Å². The van der Waals surface area contributed by atoms with Gasteiger partial charge in [0.25, 0.3) is 0 Å². The van der Waals surface area contributed by atoms with Crippen molar-refractivity contribution in [3.63, 3.8) is 0 Å². The summed E-state index contributed by atoms with van der Waals surface area (Å²) in [5.74, 6) is -0.0845. The molecule has 0 saturated carbocycles. The summed E-state index contributed by atoms with van der Waals surface area (Å²) in [7, 11) is 0. The fourth-order valence-electron chi connectivity index (χ4n) is 3.07. The highest BCUT2D eigenvalue weighted by Gasteiger charge is 2.40. The summed E-state index contributed by atoms with van der Waals surface area (Å²) in [5, 5.41) is 28.3. The standard InChI is InChI=1S/C21H36O6/c1-14(2)7-5-8-15(3)9-6-10-16(4)11-12-26-20-18(24)19(17(23)13-22)27-21(20)25/h11,14-15,17,19,22-24H,5-10,12-13H2,1-4H3/t15?,17-,19+/m0/s1. The van der Waals surface area contributed by atoms with Crippen molar-refractivity contribution in [2.45, 2.75) is 78.4 Å². The second kappa shape index (κ2) is 12.0. The summed E-state index contributed by atoms with van der Waals surface area (Å²) in [6, 6.07) is 0. The van der Waals surface area contributed by atoms with Crippen LogP contribution in [0.15, 0.2) is 23.2 Å². The topological polar surface area (TPSA) is 96.2 Å². The summed E-state index contributed by atoms with van der Waals surface area (Å²) in [5.41, 5.74) is 1.17. The molecule has 6 nitrogen and oxygen atoms in total. The molecule has 1 unspecified atom stereocenters. The summed E-state index contributed by atoms with van der Waals surface area (Å²) < 4.78 is 10.1. The molecule has 0 aromatic heterocycles. The number of carbonyl (C=O) groups is 1. The maximum absolute atomic E-state index is 11.7. The van der Waals surface area contributed by atoms with Gasteiger partial charge in [0.2, 0.25) is 5.76 Å². The van der Waals surface area contributed by atoms with Crippen molar-refractivity contribution in [2.24, 2.45) is 11.8 Å². The second-order valence-electron chi connectivity index (χ2n) is 7.97. The first-order valence-electron chi connectivity index (χ1n) is 9.97. The predicted octanol–water partition coefficient (Wildman–Crippen LogP) is 3.63. The highest BCUT2D eigenvalue weighted by Crippen LogP contribution is 2.24. The van der Waals surface area contributed by atoms with E-state index in [9.17, 15) is 15.0 Å². The summed E-state index contributed by atoms with van der Waals surface area (Å²) >= 11 is 0. The number of hydrogen-bond acceptors (Lipinski definition) is 6. The lowest BCUT2D eigenvalue weighted by molar-refractivity contribution is -0.148. The summed E-state index contributed by atoms with van der Waals surface area (Å²) in [6.45, 7) is 8.37. The average Bonchev–Trinajstić information content (AvgIpc) is 2.88. The van der Waals surface area contributed by atoms with Crippen molar-refractivity contribution in [1.82, 2.24) is 0 Å². The fraction of sp³-hybridized carbons (Fsp3) is 0.762. The number of aliphatic hydroxyl groups excluding tert-OH is 3. The molecule has 0 radical (unpaired) electrons. The normalized spacial score (nSPS) is 20.2. The van der Waals surface area contributed by atoms with Gasteiger partial charge >= 0.3 is 5.97 Å². The minimum Gasteiger partial charge on any atom is -0.505 e. The zero-order chi connectivity index (χ0) is 20.4. The maximum atomic E-state index is 11.7. The van der Waals surface area contributed by atoms with Gasteiger partial charge in [0, 0.05) is 0 Å². The molecule has 27 heavy (non-hydrogen) atoms. The number of aliphatic hydroxyl groups is 3. The van der Waals surface area contributed by atoms with Crippen LogP contribution in [0.2, 0.25) is 0 Å². The van der Waals surface area contributed by atoms with E-state index in [0.29, 0.717) is 0 Å². The molecule has 156 valence electrons. The SMILES string of the molecule is CC(=CCOC1=C(O)[C@@H]([C@@H](O)CO)OC1=O)CCCC(C)CCCC(C)C. The molecule has 1 rings (SSSR count). The Labute approximate surface area is 162 Å². The van der Waals surface area contributed by atoms with Crippen molar-refractivity contribution in [1.29, 1.82) is 0 Å². The molecule has 1 heterocycles. The van der Waals surface area contributed by atoms with E-state index in [1.54, 1.807) is 0 Å². The largest absolute Gasteiger partial charge is 0.505 e. The molecule has 0 fully saturated rings. The first kappa shape index (κ1) is 23.5. The molecular formula is C21H36O6. The third-order valence-electron chi connectivity index (χ3n) is 4.86. The molecular weight excluding hydrogens is 348 g/mol. The molecule has 3 atom stereocenters. The number of cyclic esters (lactones) is 1. The second-order valence-corrected chi connectivity index (χ2v) is 7.97. The first-order chi connectivity index (χ1) is 12.8. The molecule has 0 aliphatic carbocycles. The van der Waals surface area contributed by atoms with E-state index in [1.807, 2.05) is 13.0 Å². The number of esters is 1. The van der Waals surface area contributed by atoms with Crippen LogP contribution in [0.4, 0.5) is 0 Å². The van der Waals surface area contributed by atoms with Crippen LogP contribution in [0.3, 0.4) is 0 Å². The molecule has 6 heteroatoms. The highest BCUT2D eigenvalue weighted by molar-refractivity contribution is 5.89. The van der Waals surface area contributed by atoms with Gasteiger partial charge in [-0.3, -0.25) is 0 Å². The van der Waals surface area contributed by atoms with E-state index in [2.05, 4.69) is 20.8 Å². The first-order valence-corrected chi connectivity index (χ1v) is 9.97. The molecule has 0 bridgehead atoms. The molecule has 0 saturated heterocycles.